The molecule has 2 N–H and O–H groups in total. The number of furan rings is 1. The molecule has 1 saturated carbocycles. The highest BCUT2D eigenvalue weighted by Crippen LogP contribution is 2.41. The van der Waals surface area contributed by atoms with Gasteiger partial charge in [-0.25, -0.2) is 0 Å². The number of para-hydroxylation sites is 1. The van der Waals surface area contributed by atoms with Crippen LogP contribution in [0.2, 0.25) is 0 Å². The Morgan fingerprint density at radius 3 is 2.74 bits per heavy atom. The highest BCUT2D eigenvalue weighted by molar-refractivity contribution is 5.77. The average Bonchev–Trinajstić information content (AvgIpc) is 2.82. The number of benzene rings is 1. The monoisotopic (exact) mass is 259 g/mol. The topological polar surface area (TPSA) is 45.4 Å². The molecular formula is C16H21NO2. The van der Waals surface area contributed by atoms with Crippen LogP contribution in [0.4, 0.5) is 0 Å². The van der Waals surface area contributed by atoms with E-state index in [1.165, 1.54) is 0 Å². The molecule has 0 amide bonds. The molecule has 1 aromatic carbocycles. The highest BCUT2D eigenvalue weighted by Gasteiger charge is 2.47. The van der Waals surface area contributed by atoms with Gasteiger partial charge >= 0.3 is 0 Å². The fraction of sp³-hybridized carbons (Fsp3) is 0.500. The molecule has 2 aromatic rings. The van der Waals surface area contributed by atoms with Crippen LogP contribution >= 0.6 is 0 Å². The smallest absolute Gasteiger partial charge is 0.134 e. The minimum absolute atomic E-state index is 0.0553. The molecular weight excluding hydrogens is 238 g/mol. The molecule has 0 radical (unpaired) electrons. The van der Waals surface area contributed by atoms with E-state index in [0.717, 1.165) is 23.2 Å². The van der Waals surface area contributed by atoms with Gasteiger partial charge in [0.25, 0.3) is 0 Å². The first-order valence-corrected chi connectivity index (χ1v) is 6.91. The Hall–Kier alpha value is -1.32. The summed E-state index contributed by atoms with van der Waals surface area (Å²) in [6, 6.07) is 10.6. The summed E-state index contributed by atoms with van der Waals surface area (Å²) in [5.41, 5.74) is 0.874. The summed E-state index contributed by atoms with van der Waals surface area (Å²) < 4.78 is 5.87. The quantitative estimate of drug-likeness (QED) is 0.889. The predicted octanol–water partition coefficient (Wildman–Crippen LogP) is 3.24. The molecule has 1 aliphatic carbocycles. The summed E-state index contributed by atoms with van der Waals surface area (Å²) in [6.45, 7) is 6.31. The molecule has 1 aromatic heterocycles. The second kappa shape index (κ2) is 4.36. The number of aliphatic hydroxyl groups is 1. The number of nitrogens with one attached hydrogen (secondary N) is 1. The normalized spacial score (nSPS) is 27.2. The summed E-state index contributed by atoms with van der Waals surface area (Å²) in [7, 11) is 0. The second-order valence-corrected chi connectivity index (χ2v) is 6.20. The summed E-state index contributed by atoms with van der Waals surface area (Å²) in [5, 5.41) is 14.5. The van der Waals surface area contributed by atoms with Crippen LogP contribution < -0.4 is 5.32 Å². The fourth-order valence-electron chi connectivity index (χ4n) is 2.79. The number of hydrogen-bond acceptors (Lipinski definition) is 3. The molecule has 0 saturated heterocycles. The highest BCUT2D eigenvalue weighted by atomic mass is 16.3. The average molecular weight is 259 g/mol. The van der Waals surface area contributed by atoms with Crippen LogP contribution in [-0.2, 0) is 0 Å². The Kier molecular flexibility index (Phi) is 2.91. The molecule has 3 unspecified atom stereocenters. The molecule has 1 fully saturated rings. The van der Waals surface area contributed by atoms with Gasteiger partial charge in [-0.1, -0.05) is 32.0 Å². The van der Waals surface area contributed by atoms with E-state index in [-0.39, 0.29) is 17.6 Å². The SMILES string of the molecule is CC(NC1CC(O)C1(C)C)c1cc2ccccc2o1. The standard InChI is InChI=1S/C16H21NO2/c1-10(17-14-9-15(18)16(14,2)3)13-8-11-6-4-5-7-12(11)19-13/h4-8,10,14-15,17-18H,9H2,1-3H3. The van der Waals surface area contributed by atoms with Crippen molar-refractivity contribution in [2.45, 2.75) is 45.4 Å². The summed E-state index contributed by atoms with van der Waals surface area (Å²) in [4.78, 5) is 0. The van der Waals surface area contributed by atoms with E-state index in [9.17, 15) is 5.11 Å². The molecule has 1 heterocycles. The fourth-order valence-corrected chi connectivity index (χ4v) is 2.79. The van der Waals surface area contributed by atoms with Crippen LogP contribution in [0.15, 0.2) is 34.7 Å². The van der Waals surface area contributed by atoms with Crippen molar-refractivity contribution >= 4 is 11.0 Å². The van der Waals surface area contributed by atoms with Gasteiger partial charge < -0.3 is 14.8 Å². The van der Waals surface area contributed by atoms with Crippen LogP contribution in [0.3, 0.4) is 0 Å². The number of hydrogen-bond donors (Lipinski definition) is 2. The van der Waals surface area contributed by atoms with E-state index in [1.54, 1.807) is 0 Å². The Morgan fingerprint density at radius 1 is 1.37 bits per heavy atom. The van der Waals surface area contributed by atoms with Gasteiger partial charge in [0.1, 0.15) is 11.3 Å². The van der Waals surface area contributed by atoms with Gasteiger partial charge in [-0.05, 0) is 25.5 Å². The summed E-state index contributed by atoms with van der Waals surface area (Å²) in [5.74, 6) is 0.957. The van der Waals surface area contributed by atoms with E-state index in [2.05, 4.69) is 38.2 Å². The molecule has 102 valence electrons. The maximum atomic E-state index is 9.78. The van der Waals surface area contributed by atoms with Crippen molar-refractivity contribution in [3.8, 4) is 0 Å². The first-order valence-electron chi connectivity index (χ1n) is 6.91. The summed E-state index contributed by atoms with van der Waals surface area (Å²) >= 11 is 0. The van der Waals surface area contributed by atoms with Gasteiger partial charge in [0.15, 0.2) is 0 Å². The van der Waals surface area contributed by atoms with Crippen LogP contribution in [0.5, 0.6) is 0 Å². The van der Waals surface area contributed by atoms with Crippen LogP contribution in [0.25, 0.3) is 11.0 Å². The van der Waals surface area contributed by atoms with Crippen molar-refractivity contribution in [3.63, 3.8) is 0 Å². The predicted molar refractivity (Wildman–Crippen MR) is 76.0 cm³/mol. The maximum absolute atomic E-state index is 9.78. The van der Waals surface area contributed by atoms with Crippen molar-refractivity contribution in [3.05, 3.63) is 36.1 Å². The van der Waals surface area contributed by atoms with Crippen molar-refractivity contribution in [1.82, 2.24) is 5.32 Å². The van der Waals surface area contributed by atoms with Gasteiger partial charge in [0.05, 0.1) is 12.1 Å². The lowest BCUT2D eigenvalue weighted by Gasteiger charge is -2.50. The Bertz CT molecular complexity index is 554. The largest absolute Gasteiger partial charge is 0.459 e. The first-order chi connectivity index (χ1) is 8.98. The Morgan fingerprint density at radius 2 is 2.11 bits per heavy atom. The molecule has 0 spiro atoms. The van der Waals surface area contributed by atoms with Crippen molar-refractivity contribution < 1.29 is 9.52 Å². The van der Waals surface area contributed by atoms with Crippen LogP contribution in [-0.4, -0.2) is 17.3 Å². The lowest BCUT2D eigenvalue weighted by atomic mass is 9.64. The van der Waals surface area contributed by atoms with E-state index < -0.39 is 0 Å². The van der Waals surface area contributed by atoms with Gasteiger partial charge in [-0.2, -0.15) is 0 Å². The molecule has 3 nitrogen and oxygen atoms in total. The number of aliphatic hydroxyl groups excluding tert-OH is 1. The van der Waals surface area contributed by atoms with Gasteiger partial charge in [-0.3, -0.25) is 0 Å². The van der Waals surface area contributed by atoms with Crippen molar-refractivity contribution in [2.75, 3.05) is 0 Å². The second-order valence-electron chi connectivity index (χ2n) is 6.20. The lowest BCUT2D eigenvalue weighted by molar-refractivity contribution is -0.0760. The molecule has 0 aliphatic heterocycles. The Labute approximate surface area is 113 Å². The van der Waals surface area contributed by atoms with Gasteiger partial charge in [0.2, 0.25) is 0 Å². The lowest BCUT2D eigenvalue weighted by Crippen LogP contribution is -2.60. The van der Waals surface area contributed by atoms with E-state index in [1.807, 2.05) is 18.2 Å². The third-order valence-corrected chi connectivity index (χ3v) is 4.54. The zero-order valence-electron chi connectivity index (χ0n) is 11.7. The molecule has 1 aliphatic rings. The minimum Gasteiger partial charge on any atom is -0.459 e. The third kappa shape index (κ3) is 2.07. The zero-order valence-corrected chi connectivity index (χ0v) is 11.7. The van der Waals surface area contributed by atoms with Crippen molar-refractivity contribution in [1.29, 1.82) is 0 Å². The minimum atomic E-state index is -0.201. The van der Waals surface area contributed by atoms with Gasteiger partial charge in [-0.15, -0.1) is 0 Å². The Balaban J connectivity index is 1.75. The number of rotatable bonds is 3. The molecule has 3 heteroatoms. The molecule has 3 atom stereocenters. The maximum Gasteiger partial charge on any atom is 0.134 e. The summed E-state index contributed by atoms with van der Waals surface area (Å²) in [6.07, 6.45) is 0.616. The zero-order chi connectivity index (χ0) is 13.6. The van der Waals surface area contributed by atoms with Crippen LogP contribution in [0, 0.1) is 5.41 Å². The van der Waals surface area contributed by atoms with E-state index >= 15 is 0 Å². The number of fused-ring (bicyclic) bond motifs is 1. The van der Waals surface area contributed by atoms with Crippen LogP contribution in [0.1, 0.15) is 39.0 Å². The van der Waals surface area contributed by atoms with Gasteiger partial charge in [0, 0.05) is 16.8 Å². The van der Waals surface area contributed by atoms with E-state index in [4.69, 9.17) is 4.42 Å². The third-order valence-electron chi connectivity index (χ3n) is 4.54. The molecule has 3 rings (SSSR count). The van der Waals surface area contributed by atoms with Crippen molar-refractivity contribution in [2.24, 2.45) is 5.41 Å². The molecule has 19 heavy (non-hydrogen) atoms. The van der Waals surface area contributed by atoms with E-state index in [0.29, 0.717) is 6.04 Å². The first kappa shape index (κ1) is 12.7. The molecule has 0 bridgehead atoms.